The van der Waals surface area contributed by atoms with Gasteiger partial charge in [0.25, 0.3) is 0 Å². The molecular weight excluding hydrogens is 352 g/mol. The molecule has 0 fully saturated rings. The third-order valence-electron chi connectivity index (χ3n) is 4.42. The fourth-order valence-electron chi connectivity index (χ4n) is 2.71. The quantitative estimate of drug-likeness (QED) is 0.539. The zero-order valence-corrected chi connectivity index (χ0v) is 17.5. The summed E-state index contributed by atoms with van der Waals surface area (Å²) in [7, 11) is 3.50. The first-order chi connectivity index (χ1) is 13.4. The highest BCUT2D eigenvalue weighted by molar-refractivity contribution is 5.79. The smallest absolute Gasteiger partial charge is 0.213 e. The van der Waals surface area contributed by atoms with E-state index in [1.54, 1.807) is 20.4 Å². The minimum Gasteiger partial charge on any atom is -0.473 e. The summed E-state index contributed by atoms with van der Waals surface area (Å²) in [5.74, 6) is 1.34. The lowest BCUT2D eigenvalue weighted by atomic mass is 9.89. The van der Waals surface area contributed by atoms with Crippen molar-refractivity contribution in [2.45, 2.75) is 40.0 Å². The molecule has 1 aromatic heterocycles. The predicted molar refractivity (Wildman–Crippen MR) is 113 cm³/mol. The molecule has 1 atom stereocenters. The topological polar surface area (TPSA) is 67.8 Å². The van der Waals surface area contributed by atoms with Crippen LogP contribution in [0.25, 0.3) is 0 Å². The molecule has 0 radical (unpaired) electrons. The molecule has 0 aliphatic rings. The van der Waals surface area contributed by atoms with E-state index < -0.39 is 0 Å². The molecule has 1 unspecified atom stereocenters. The van der Waals surface area contributed by atoms with Crippen molar-refractivity contribution in [2.24, 2.45) is 10.4 Å². The molecule has 2 aromatic rings. The minimum atomic E-state index is 0.0523. The maximum absolute atomic E-state index is 5.80. The van der Waals surface area contributed by atoms with E-state index in [2.05, 4.69) is 41.4 Å². The van der Waals surface area contributed by atoms with Gasteiger partial charge < -0.3 is 20.1 Å². The second kappa shape index (κ2) is 10.7. The van der Waals surface area contributed by atoms with Crippen molar-refractivity contribution >= 4 is 5.96 Å². The zero-order valence-electron chi connectivity index (χ0n) is 17.5. The van der Waals surface area contributed by atoms with Crippen LogP contribution < -0.4 is 15.4 Å². The van der Waals surface area contributed by atoms with Crippen LogP contribution in [0.15, 0.2) is 53.7 Å². The van der Waals surface area contributed by atoms with Gasteiger partial charge >= 0.3 is 0 Å². The van der Waals surface area contributed by atoms with E-state index in [1.165, 1.54) is 0 Å². The van der Waals surface area contributed by atoms with Crippen molar-refractivity contribution in [3.05, 3.63) is 59.8 Å². The Labute approximate surface area is 168 Å². The molecule has 0 amide bonds. The number of methoxy groups -OCH3 is 1. The lowest BCUT2D eigenvalue weighted by Gasteiger charge is -2.30. The number of nitrogens with one attached hydrogen (secondary N) is 2. The Morgan fingerprint density at radius 2 is 1.86 bits per heavy atom. The van der Waals surface area contributed by atoms with Gasteiger partial charge in [0.1, 0.15) is 6.61 Å². The van der Waals surface area contributed by atoms with Crippen molar-refractivity contribution < 1.29 is 9.47 Å². The molecule has 152 valence electrons. The van der Waals surface area contributed by atoms with Gasteiger partial charge in [-0.25, -0.2) is 4.98 Å². The van der Waals surface area contributed by atoms with E-state index >= 15 is 0 Å². The van der Waals surface area contributed by atoms with Gasteiger partial charge in [-0.3, -0.25) is 4.99 Å². The van der Waals surface area contributed by atoms with E-state index in [0.29, 0.717) is 25.6 Å². The second-order valence-corrected chi connectivity index (χ2v) is 7.67. The molecule has 0 bridgehead atoms. The van der Waals surface area contributed by atoms with Crippen LogP contribution in [0, 0.1) is 5.41 Å². The molecule has 6 nitrogen and oxygen atoms in total. The van der Waals surface area contributed by atoms with Crippen molar-refractivity contribution in [3.8, 4) is 5.88 Å². The van der Waals surface area contributed by atoms with Crippen molar-refractivity contribution in [1.29, 1.82) is 0 Å². The number of hydrogen-bond donors (Lipinski definition) is 2. The highest BCUT2D eigenvalue weighted by Gasteiger charge is 2.24. The van der Waals surface area contributed by atoms with E-state index in [1.807, 2.05) is 42.5 Å². The van der Waals surface area contributed by atoms with Crippen molar-refractivity contribution in [2.75, 3.05) is 20.7 Å². The number of hydrogen-bond acceptors (Lipinski definition) is 4. The van der Waals surface area contributed by atoms with Gasteiger partial charge in [0.15, 0.2) is 5.96 Å². The summed E-state index contributed by atoms with van der Waals surface area (Å²) >= 11 is 0. The Bertz CT molecular complexity index is 742. The molecular formula is C22H32N4O2. The molecule has 0 saturated carbocycles. The van der Waals surface area contributed by atoms with Crippen LogP contribution in [0.2, 0.25) is 0 Å². The summed E-state index contributed by atoms with van der Waals surface area (Å²) < 4.78 is 11.4. The summed E-state index contributed by atoms with van der Waals surface area (Å²) in [4.78, 5) is 8.57. The summed E-state index contributed by atoms with van der Waals surface area (Å²) in [5, 5.41) is 6.64. The van der Waals surface area contributed by atoms with Gasteiger partial charge in [0.2, 0.25) is 5.88 Å². The monoisotopic (exact) mass is 384 g/mol. The lowest BCUT2D eigenvalue weighted by Crippen LogP contribution is -2.45. The third-order valence-corrected chi connectivity index (χ3v) is 4.42. The number of benzene rings is 1. The minimum absolute atomic E-state index is 0.0523. The summed E-state index contributed by atoms with van der Waals surface area (Å²) in [6.45, 7) is 8.28. The molecule has 2 rings (SSSR count). The zero-order chi connectivity index (χ0) is 20.4. The molecule has 1 aromatic carbocycles. The van der Waals surface area contributed by atoms with E-state index in [-0.39, 0.29) is 11.5 Å². The first-order valence-corrected chi connectivity index (χ1v) is 9.51. The molecule has 1 heterocycles. The maximum atomic E-state index is 5.80. The molecule has 0 spiro atoms. The number of aromatic nitrogens is 1. The second-order valence-electron chi connectivity index (χ2n) is 7.67. The van der Waals surface area contributed by atoms with Crippen LogP contribution in [0.1, 0.15) is 31.9 Å². The molecule has 28 heavy (non-hydrogen) atoms. The SMILES string of the molecule is CN=C(NCc1ccnc(OCc2ccccc2)c1)NCC(OC)C(C)(C)C. The van der Waals surface area contributed by atoms with Crippen LogP contribution in [0.4, 0.5) is 0 Å². The normalized spacial score (nSPS) is 13.1. The highest BCUT2D eigenvalue weighted by Crippen LogP contribution is 2.20. The number of rotatable bonds is 8. The van der Waals surface area contributed by atoms with Gasteiger partial charge in [0.05, 0.1) is 6.10 Å². The van der Waals surface area contributed by atoms with E-state index in [4.69, 9.17) is 9.47 Å². The standard InChI is InChI=1S/C22H32N4O2/c1-22(2,3)19(27-5)15-26-21(23-4)25-14-18-11-12-24-20(13-18)28-16-17-9-7-6-8-10-17/h6-13,19H,14-16H2,1-5H3,(H2,23,25,26). The number of nitrogens with zero attached hydrogens (tertiary/aromatic N) is 2. The fourth-order valence-corrected chi connectivity index (χ4v) is 2.71. The Hall–Kier alpha value is -2.60. The van der Waals surface area contributed by atoms with Gasteiger partial charge in [-0.05, 0) is 22.6 Å². The Morgan fingerprint density at radius 3 is 2.50 bits per heavy atom. The van der Waals surface area contributed by atoms with E-state index in [0.717, 1.165) is 17.1 Å². The fraction of sp³-hybridized carbons (Fsp3) is 0.455. The van der Waals surface area contributed by atoms with Crippen LogP contribution >= 0.6 is 0 Å². The Kier molecular flexibility index (Phi) is 8.26. The van der Waals surface area contributed by atoms with E-state index in [9.17, 15) is 0 Å². The first-order valence-electron chi connectivity index (χ1n) is 9.51. The predicted octanol–water partition coefficient (Wildman–Crippen LogP) is 3.39. The Morgan fingerprint density at radius 1 is 1.11 bits per heavy atom. The maximum Gasteiger partial charge on any atom is 0.213 e. The van der Waals surface area contributed by atoms with Gasteiger partial charge in [-0.1, -0.05) is 51.1 Å². The van der Waals surface area contributed by atoms with Crippen molar-refractivity contribution in [1.82, 2.24) is 15.6 Å². The number of pyridine rings is 1. The summed E-state index contributed by atoms with van der Waals surface area (Å²) in [6, 6.07) is 14.0. The van der Waals surface area contributed by atoms with Crippen LogP contribution in [-0.2, 0) is 17.9 Å². The highest BCUT2D eigenvalue weighted by atomic mass is 16.5. The summed E-state index contributed by atoms with van der Waals surface area (Å²) in [6.07, 6.45) is 1.85. The average molecular weight is 385 g/mol. The number of ether oxygens (including phenoxy) is 2. The van der Waals surface area contributed by atoms with Crippen LogP contribution in [0.5, 0.6) is 5.88 Å². The molecule has 0 aliphatic heterocycles. The van der Waals surface area contributed by atoms with Crippen LogP contribution in [0.3, 0.4) is 0 Å². The average Bonchev–Trinajstić information content (AvgIpc) is 2.69. The molecule has 6 heteroatoms. The van der Waals surface area contributed by atoms with Gasteiger partial charge in [-0.15, -0.1) is 0 Å². The largest absolute Gasteiger partial charge is 0.473 e. The molecule has 2 N–H and O–H groups in total. The number of guanidine groups is 1. The van der Waals surface area contributed by atoms with Crippen molar-refractivity contribution in [3.63, 3.8) is 0 Å². The third kappa shape index (κ3) is 7.19. The molecule has 0 aliphatic carbocycles. The Balaban J connectivity index is 1.85. The van der Waals surface area contributed by atoms with Gasteiger partial charge in [-0.2, -0.15) is 0 Å². The summed E-state index contributed by atoms with van der Waals surface area (Å²) in [5.41, 5.74) is 2.24. The van der Waals surface area contributed by atoms with Gasteiger partial charge in [0, 0.05) is 39.5 Å². The number of aliphatic imine (C=N–C) groups is 1. The van der Waals surface area contributed by atoms with Crippen LogP contribution in [-0.4, -0.2) is 37.7 Å². The molecule has 0 saturated heterocycles. The lowest BCUT2D eigenvalue weighted by molar-refractivity contribution is 0.0205. The first kappa shape index (κ1) is 21.7.